The molecule has 7 heteroatoms. The number of piperazine rings is 1. The first-order valence-corrected chi connectivity index (χ1v) is 8.44. The van der Waals surface area contributed by atoms with Crippen LogP contribution in [-0.4, -0.2) is 52.8 Å². The molecule has 0 aliphatic carbocycles. The van der Waals surface area contributed by atoms with Gasteiger partial charge in [-0.1, -0.05) is 23.2 Å². The number of H-pyrrole nitrogens is 1. The van der Waals surface area contributed by atoms with Gasteiger partial charge in [-0.05, 0) is 29.8 Å². The van der Waals surface area contributed by atoms with Gasteiger partial charge < -0.3 is 14.8 Å². The van der Waals surface area contributed by atoms with Crippen molar-refractivity contribution in [1.82, 2.24) is 14.8 Å². The highest BCUT2D eigenvalue weighted by molar-refractivity contribution is 6.36. The molecule has 0 radical (unpaired) electrons. The summed E-state index contributed by atoms with van der Waals surface area (Å²) < 4.78 is 0. The number of halogens is 2. The zero-order chi connectivity index (χ0) is 17.1. The Morgan fingerprint density at radius 2 is 1.75 bits per heavy atom. The Bertz CT molecular complexity index is 738. The molecule has 0 unspecified atom stereocenters. The number of carbonyl (C=O) groups excluding carboxylic acids is 2. The fraction of sp³-hybridized carbons (Fsp3) is 0.294. The highest BCUT2D eigenvalue weighted by Gasteiger charge is 2.26. The van der Waals surface area contributed by atoms with Crippen molar-refractivity contribution in [3.8, 4) is 0 Å². The fourth-order valence-electron chi connectivity index (χ4n) is 2.75. The third-order valence-electron chi connectivity index (χ3n) is 4.10. The van der Waals surface area contributed by atoms with E-state index in [0.29, 0.717) is 48.2 Å². The summed E-state index contributed by atoms with van der Waals surface area (Å²) in [6.45, 7) is 2.05. The van der Waals surface area contributed by atoms with E-state index in [1.165, 1.54) is 0 Å². The molecule has 1 saturated heterocycles. The fourth-order valence-corrected chi connectivity index (χ4v) is 3.24. The van der Waals surface area contributed by atoms with Crippen LogP contribution in [0.4, 0.5) is 0 Å². The molecule has 0 atom stereocenters. The predicted octanol–water partition coefficient (Wildman–Crippen LogP) is 2.85. The molecular formula is C17H17Cl2N3O2. The van der Waals surface area contributed by atoms with Crippen LogP contribution in [0.5, 0.6) is 0 Å². The molecular weight excluding hydrogens is 349 g/mol. The molecule has 0 spiro atoms. The lowest BCUT2D eigenvalue weighted by atomic mass is 10.1. The van der Waals surface area contributed by atoms with E-state index < -0.39 is 0 Å². The number of rotatable bonds is 3. The van der Waals surface area contributed by atoms with Crippen molar-refractivity contribution in [2.24, 2.45) is 0 Å². The molecule has 1 aromatic heterocycles. The van der Waals surface area contributed by atoms with Gasteiger partial charge in [0.2, 0.25) is 5.91 Å². The van der Waals surface area contributed by atoms with Crippen molar-refractivity contribution in [3.05, 3.63) is 57.8 Å². The minimum atomic E-state index is -0.130. The number of aromatic nitrogens is 1. The number of carbonyl (C=O) groups is 2. The van der Waals surface area contributed by atoms with Crippen LogP contribution in [0.15, 0.2) is 36.7 Å². The molecule has 3 rings (SSSR count). The van der Waals surface area contributed by atoms with Crippen LogP contribution in [0.25, 0.3) is 0 Å². The van der Waals surface area contributed by atoms with Crippen molar-refractivity contribution >= 4 is 35.0 Å². The molecule has 0 bridgehead atoms. The largest absolute Gasteiger partial charge is 0.367 e. The molecule has 126 valence electrons. The number of nitrogens with zero attached hydrogens (tertiary/aromatic N) is 2. The maximum atomic E-state index is 12.6. The van der Waals surface area contributed by atoms with Crippen LogP contribution < -0.4 is 0 Å². The lowest BCUT2D eigenvalue weighted by molar-refractivity contribution is -0.131. The van der Waals surface area contributed by atoms with Gasteiger partial charge in [0.05, 0.1) is 17.0 Å². The molecule has 1 N–H and O–H groups in total. The number of nitrogens with one attached hydrogen (secondary N) is 1. The van der Waals surface area contributed by atoms with Crippen molar-refractivity contribution in [2.75, 3.05) is 26.2 Å². The summed E-state index contributed by atoms with van der Waals surface area (Å²) in [6.07, 6.45) is 4.00. The van der Waals surface area contributed by atoms with Crippen molar-refractivity contribution < 1.29 is 9.59 Å². The van der Waals surface area contributed by atoms with E-state index in [0.717, 1.165) is 5.56 Å². The van der Waals surface area contributed by atoms with Gasteiger partial charge in [0.1, 0.15) is 0 Å². The molecule has 1 aromatic carbocycles. The second-order valence-electron chi connectivity index (χ2n) is 5.69. The maximum Gasteiger partial charge on any atom is 0.255 e. The van der Waals surface area contributed by atoms with Crippen LogP contribution in [-0.2, 0) is 11.2 Å². The first-order valence-electron chi connectivity index (χ1n) is 7.68. The molecule has 2 heterocycles. The zero-order valence-corrected chi connectivity index (χ0v) is 14.5. The maximum absolute atomic E-state index is 12.6. The van der Waals surface area contributed by atoms with Gasteiger partial charge in [0, 0.05) is 43.6 Å². The predicted molar refractivity (Wildman–Crippen MR) is 93.4 cm³/mol. The number of aromatic amines is 1. The van der Waals surface area contributed by atoms with E-state index in [-0.39, 0.29) is 11.8 Å². The summed E-state index contributed by atoms with van der Waals surface area (Å²) in [5, 5.41) is 0.843. The van der Waals surface area contributed by atoms with Crippen LogP contribution in [0.1, 0.15) is 15.9 Å². The SMILES string of the molecule is O=C(Cc1cc[nH]c1)N1CCN(C(=O)c2ccc(Cl)cc2Cl)CC1. The van der Waals surface area contributed by atoms with Crippen molar-refractivity contribution in [3.63, 3.8) is 0 Å². The minimum absolute atomic E-state index is 0.0752. The molecule has 5 nitrogen and oxygen atoms in total. The lowest BCUT2D eigenvalue weighted by Gasteiger charge is -2.35. The average molecular weight is 366 g/mol. The summed E-state index contributed by atoms with van der Waals surface area (Å²) in [4.78, 5) is 31.3. The molecule has 1 fully saturated rings. The monoisotopic (exact) mass is 365 g/mol. The smallest absolute Gasteiger partial charge is 0.255 e. The summed E-state index contributed by atoms with van der Waals surface area (Å²) in [5.41, 5.74) is 1.40. The molecule has 2 amide bonds. The Hall–Kier alpha value is -1.98. The Morgan fingerprint density at radius 1 is 1.04 bits per heavy atom. The topological polar surface area (TPSA) is 56.4 Å². The zero-order valence-electron chi connectivity index (χ0n) is 13.0. The van der Waals surface area contributed by atoms with Crippen molar-refractivity contribution in [1.29, 1.82) is 0 Å². The number of hydrogen-bond donors (Lipinski definition) is 1. The number of hydrogen-bond acceptors (Lipinski definition) is 2. The van der Waals surface area contributed by atoms with Crippen molar-refractivity contribution in [2.45, 2.75) is 6.42 Å². The number of amides is 2. The molecule has 2 aromatic rings. The normalized spacial score (nSPS) is 14.8. The van der Waals surface area contributed by atoms with Gasteiger partial charge in [-0.15, -0.1) is 0 Å². The van der Waals surface area contributed by atoms with E-state index in [2.05, 4.69) is 4.98 Å². The van der Waals surface area contributed by atoms with Gasteiger partial charge in [0.25, 0.3) is 5.91 Å². The van der Waals surface area contributed by atoms with Gasteiger partial charge in [0.15, 0.2) is 0 Å². The standard InChI is InChI=1S/C17H17Cl2N3O2/c18-13-1-2-14(15(19)10-13)17(24)22-7-5-21(6-8-22)16(23)9-12-3-4-20-11-12/h1-4,10-11,20H,5-9H2. The van der Waals surface area contributed by atoms with E-state index in [9.17, 15) is 9.59 Å². The van der Waals surface area contributed by atoms with Crippen LogP contribution in [0, 0.1) is 0 Å². The molecule has 1 aliphatic heterocycles. The highest BCUT2D eigenvalue weighted by atomic mass is 35.5. The van der Waals surface area contributed by atoms with Crippen LogP contribution in [0.2, 0.25) is 10.0 Å². The summed E-state index contributed by atoms with van der Waals surface area (Å²) in [5.74, 6) is -0.0550. The third-order valence-corrected chi connectivity index (χ3v) is 4.65. The Balaban J connectivity index is 1.58. The third kappa shape index (κ3) is 3.74. The van der Waals surface area contributed by atoms with Gasteiger partial charge in [-0.2, -0.15) is 0 Å². The van der Waals surface area contributed by atoms with E-state index >= 15 is 0 Å². The Kier molecular flexibility index (Phi) is 5.11. The highest BCUT2D eigenvalue weighted by Crippen LogP contribution is 2.23. The molecule has 24 heavy (non-hydrogen) atoms. The second-order valence-corrected chi connectivity index (χ2v) is 6.54. The minimum Gasteiger partial charge on any atom is -0.367 e. The first kappa shape index (κ1) is 16.9. The van der Waals surface area contributed by atoms with Crippen LogP contribution in [0.3, 0.4) is 0 Å². The quantitative estimate of drug-likeness (QED) is 0.908. The van der Waals surface area contributed by atoms with Gasteiger partial charge in [-0.25, -0.2) is 0 Å². The molecule has 1 aliphatic rings. The lowest BCUT2D eigenvalue weighted by Crippen LogP contribution is -2.51. The van der Waals surface area contributed by atoms with E-state index in [1.807, 2.05) is 12.3 Å². The van der Waals surface area contributed by atoms with E-state index in [1.54, 1.807) is 34.2 Å². The second kappa shape index (κ2) is 7.28. The Morgan fingerprint density at radius 3 is 2.38 bits per heavy atom. The Labute approximate surface area is 150 Å². The number of benzene rings is 1. The summed E-state index contributed by atoms with van der Waals surface area (Å²) >= 11 is 12.0. The summed E-state index contributed by atoms with van der Waals surface area (Å²) in [6, 6.07) is 6.74. The first-order chi connectivity index (χ1) is 11.5. The van der Waals surface area contributed by atoms with Crippen LogP contribution >= 0.6 is 23.2 Å². The average Bonchev–Trinajstić information content (AvgIpc) is 3.07. The summed E-state index contributed by atoms with van der Waals surface area (Å²) in [7, 11) is 0. The van der Waals surface area contributed by atoms with Gasteiger partial charge >= 0.3 is 0 Å². The van der Waals surface area contributed by atoms with E-state index in [4.69, 9.17) is 23.2 Å². The van der Waals surface area contributed by atoms with Gasteiger partial charge in [-0.3, -0.25) is 9.59 Å². The molecule has 0 saturated carbocycles.